The van der Waals surface area contributed by atoms with Crippen molar-refractivity contribution in [1.82, 2.24) is 0 Å². The molecule has 0 aromatic carbocycles. The van der Waals surface area contributed by atoms with E-state index in [4.69, 9.17) is 0 Å². The monoisotopic (exact) mass is 487 g/mol. The van der Waals surface area contributed by atoms with Gasteiger partial charge in [-0.3, -0.25) is 9.59 Å². The Balaban J connectivity index is -0.000000192. The van der Waals surface area contributed by atoms with Crippen molar-refractivity contribution in [2.45, 2.75) is 24.7 Å². The van der Waals surface area contributed by atoms with Crippen molar-refractivity contribution >= 4 is 11.6 Å². The van der Waals surface area contributed by atoms with Gasteiger partial charge in [-0.05, 0) is 23.7 Å². The van der Waals surface area contributed by atoms with Gasteiger partial charge in [0.1, 0.15) is 0 Å². The summed E-state index contributed by atoms with van der Waals surface area (Å²) in [6.45, 7) is 0. The smallest absolute Gasteiger partial charge is 0.454 e. The van der Waals surface area contributed by atoms with Crippen molar-refractivity contribution in [2.24, 2.45) is 0 Å². The van der Waals surface area contributed by atoms with Crippen LogP contribution in [0.25, 0.3) is 0 Å². The zero-order valence-corrected chi connectivity index (χ0v) is 13.4. The first-order valence-corrected chi connectivity index (χ1v) is 5.24. The van der Waals surface area contributed by atoms with Gasteiger partial charge in [0.25, 0.3) is 11.6 Å². The number of hydrogen-bond donors (Lipinski definition) is 0. The molecule has 0 saturated heterocycles. The molecule has 28 heavy (non-hydrogen) atoms. The van der Waals surface area contributed by atoms with Gasteiger partial charge in [-0.2, -0.15) is 52.7 Å². The number of carbonyl (C=O) groups excluding carboxylic acids is 2. The van der Waals surface area contributed by atoms with E-state index >= 15 is 0 Å². The van der Waals surface area contributed by atoms with E-state index in [-0.39, 0.29) is 22.5 Å². The molecule has 0 aromatic heterocycles. The summed E-state index contributed by atoms with van der Waals surface area (Å²) in [7, 11) is 0. The second-order valence-corrected chi connectivity index (χ2v) is 3.74. The summed E-state index contributed by atoms with van der Waals surface area (Å²) < 4.78 is 136. The Bertz CT molecular complexity index is 530. The van der Waals surface area contributed by atoms with E-state index in [2.05, 4.69) is 0 Å². The molecule has 0 aliphatic rings. The Morgan fingerprint density at radius 2 is 0.714 bits per heavy atom. The number of halogens is 12. The number of allylic oxidation sites excluding steroid dienone is 4. The Morgan fingerprint density at radius 3 is 0.821 bits per heavy atom. The van der Waals surface area contributed by atoms with Crippen molar-refractivity contribution in [2.75, 3.05) is 0 Å². The van der Waals surface area contributed by atoms with E-state index in [9.17, 15) is 72.5 Å². The van der Waals surface area contributed by atoms with Crippen LogP contribution in [0.2, 0.25) is 0 Å². The Labute approximate surface area is 156 Å². The van der Waals surface area contributed by atoms with Gasteiger partial charge >= 0.3 is 24.7 Å². The van der Waals surface area contributed by atoms with Crippen LogP contribution in [0.5, 0.6) is 0 Å². The standard InChI is InChI=1S/2C5H2F6O2.Mn.H2O/c2*6-4(7,8)2(12)1-3(13)5(9,10)11;;/h2*1,12H;;1H2/p-2/b2*2-1-;;. The summed E-state index contributed by atoms with van der Waals surface area (Å²) in [6, 6.07) is 0. The van der Waals surface area contributed by atoms with Crippen molar-refractivity contribution in [1.29, 1.82) is 0 Å². The first kappa shape index (κ1) is 33.6. The third-order valence-electron chi connectivity index (χ3n) is 1.64. The normalized spacial score (nSPS) is 13.4. The molecule has 0 aromatic rings. The van der Waals surface area contributed by atoms with Gasteiger partial charge in [0.05, 0.1) is 0 Å². The number of carbonyl (C=O) groups is 2. The second-order valence-electron chi connectivity index (χ2n) is 3.74. The Hall–Kier alpha value is -1.94. The molecule has 5 nitrogen and oxygen atoms in total. The number of ketones is 2. The largest absolute Gasteiger partial charge is 0.869 e. The van der Waals surface area contributed by atoms with Gasteiger partial charge in [0.15, 0.2) is 0 Å². The molecule has 0 bridgehead atoms. The molecule has 2 N–H and O–H groups in total. The predicted molar refractivity (Wildman–Crippen MR) is 54.0 cm³/mol. The van der Waals surface area contributed by atoms with Crippen LogP contribution in [0.3, 0.4) is 0 Å². The molecule has 0 aliphatic carbocycles. The van der Waals surface area contributed by atoms with Crippen LogP contribution in [-0.2, 0) is 26.7 Å². The third-order valence-corrected chi connectivity index (χ3v) is 1.64. The van der Waals surface area contributed by atoms with Crippen LogP contribution < -0.4 is 10.2 Å². The van der Waals surface area contributed by atoms with Crippen molar-refractivity contribution in [3.8, 4) is 0 Å². The number of rotatable bonds is 2. The van der Waals surface area contributed by atoms with Crippen LogP contribution in [0.4, 0.5) is 52.7 Å². The fraction of sp³-hybridized carbons (Fsp3) is 0.400. The van der Waals surface area contributed by atoms with Crippen LogP contribution in [0.1, 0.15) is 0 Å². The Kier molecular flexibility index (Phi) is 13.4. The molecule has 0 unspecified atom stereocenters. The second kappa shape index (κ2) is 11.2. The average molecular weight is 487 g/mol. The molecule has 0 heterocycles. The molecular weight excluding hydrogens is 483 g/mol. The maximum atomic E-state index is 11.3. The van der Waals surface area contributed by atoms with Crippen LogP contribution in [0.15, 0.2) is 23.7 Å². The minimum Gasteiger partial charge on any atom is -0.869 e. The van der Waals surface area contributed by atoms with Gasteiger partial charge in [-0.1, -0.05) is 0 Å². The average Bonchev–Trinajstić information content (AvgIpc) is 2.34. The zero-order chi connectivity index (χ0) is 21.7. The van der Waals surface area contributed by atoms with Gasteiger partial charge in [-0.25, -0.2) is 0 Å². The third kappa shape index (κ3) is 14.2. The van der Waals surface area contributed by atoms with E-state index in [1.807, 2.05) is 0 Å². The quantitative estimate of drug-likeness (QED) is 0.251. The molecule has 167 valence electrons. The molecule has 0 rings (SSSR count). The minimum absolute atomic E-state index is 0. The van der Waals surface area contributed by atoms with E-state index in [0.29, 0.717) is 0 Å². The van der Waals surface area contributed by atoms with Crippen molar-refractivity contribution in [3.05, 3.63) is 23.7 Å². The van der Waals surface area contributed by atoms with Gasteiger partial charge in [0, 0.05) is 17.1 Å². The van der Waals surface area contributed by atoms with Gasteiger partial charge < -0.3 is 15.7 Å². The van der Waals surface area contributed by atoms with Gasteiger partial charge in [-0.15, -0.1) is 0 Å². The number of hydrogen-bond acceptors (Lipinski definition) is 4. The van der Waals surface area contributed by atoms with E-state index in [1.54, 1.807) is 0 Å². The van der Waals surface area contributed by atoms with Crippen molar-refractivity contribution < 1.29 is 95.0 Å². The van der Waals surface area contributed by atoms with E-state index < -0.39 is 59.9 Å². The molecule has 1 radical (unpaired) electrons. The van der Waals surface area contributed by atoms with Crippen LogP contribution >= 0.6 is 0 Å². The molecule has 0 fully saturated rings. The Morgan fingerprint density at radius 1 is 0.536 bits per heavy atom. The van der Waals surface area contributed by atoms with Crippen LogP contribution in [-0.4, -0.2) is 41.7 Å². The fourth-order valence-electron chi connectivity index (χ4n) is 0.565. The first-order chi connectivity index (χ1) is 11.1. The SMILES string of the molecule is O.O=C(/C=C(\[O-])C(F)(F)F)C(F)(F)F.O=C(/C=C(\[O-])C(F)(F)F)C(F)(F)F.[Mn]. The molecule has 0 aliphatic heterocycles. The maximum Gasteiger partial charge on any atom is 0.454 e. The summed E-state index contributed by atoms with van der Waals surface area (Å²) in [6.07, 6.45) is -23.9. The zero-order valence-electron chi connectivity index (χ0n) is 12.2. The van der Waals surface area contributed by atoms with Gasteiger partial charge in [0.2, 0.25) is 0 Å². The topological polar surface area (TPSA) is 112 Å². The van der Waals surface area contributed by atoms with Crippen LogP contribution in [0, 0.1) is 0 Å². The minimum atomic E-state index is -5.46. The molecule has 0 spiro atoms. The summed E-state index contributed by atoms with van der Waals surface area (Å²) >= 11 is 0. The summed E-state index contributed by atoms with van der Waals surface area (Å²) in [5.74, 6) is -11.3. The predicted octanol–water partition coefficient (Wildman–Crippen LogP) is 1.02. The summed E-state index contributed by atoms with van der Waals surface area (Å²) in [4.78, 5) is 19.6. The van der Waals surface area contributed by atoms with E-state index in [0.717, 1.165) is 0 Å². The maximum absolute atomic E-state index is 11.3. The molecule has 0 amide bonds. The molecule has 0 atom stereocenters. The summed E-state index contributed by atoms with van der Waals surface area (Å²) in [5.41, 5.74) is 0. The summed E-state index contributed by atoms with van der Waals surface area (Å²) in [5, 5.41) is 19.6. The van der Waals surface area contributed by atoms with Crippen molar-refractivity contribution in [3.63, 3.8) is 0 Å². The fourth-order valence-corrected chi connectivity index (χ4v) is 0.565. The molecule has 18 heteroatoms. The first-order valence-electron chi connectivity index (χ1n) is 5.24. The molecular formula is C10H4F12MnO5-2. The number of alkyl halides is 12. The molecule has 0 saturated carbocycles. The van der Waals surface area contributed by atoms with E-state index in [1.165, 1.54) is 0 Å².